The highest BCUT2D eigenvalue weighted by molar-refractivity contribution is 7.08. The maximum atomic E-state index is 13.5. The van der Waals surface area contributed by atoms with Crippen LogP contribution in [0.25, 0.3) is 11.1 Å². The van der Waals surface area contributed by atoms with Crippen LogP contribution in [-0.4, -0.2) is 36.0 Å². The van der Waals surface area contributed by atoms with E-state index in [0.29, 0.717) is 32.9 Å². The molecule has 3 N–H and O–H groups in total. The second-order valence-corrected chi connectivity index (χ2v) is 10.4. The van der Waals surface area contributed by atoms with Gasteiger partial charge < -0.3 is 20.7 Å². The fourth-order valence-electron chi connectivity index (χ4n) is 4.14. The van der Waals surface area contributed by atoms with Gasteiger partial charge in [0.2, 0.25) is 0 Å². The molecule has 194 valence electrons. The SMILES string of the molecule is O=C(Nc1ccc(Cl)cn1)c1cc(Cl)ccc1NC(=O)c1ccc(-c2ccsc2)cc1OC1CCNCC1. The van der Waals surface area contributed by atoms with Crippen LogP contribution < -0.4 is 20.7 Å². The third kappa shape index (κ3) is 6.34. The fourth-order valence-corrected chi connectivity index (χ4v) is 5.09. The van der Waals surface area contributed by atoms with Crippen molar-refractivity contribution in [1.29, 1.82) is 0 Å². The monoisotopic (exact) mass is 566 g/mol. The predicted molar refractivity (Wildman–Crippen MR) is 153 cm³/mol. The number of nitrogens with one attached hydrogen (secondary N) is 3. The lowest BCUT2D eigenvalue weighted by Crippen LogP contribution is -2.34. The average molecular weight is 567 g/mol. The number of thiophene rings is 1. The van der Waals surface area contributed by atoms with Crippen molar-refractivity contribution in [3.8, 4) is 16.9 Å². The van der Waals surface area contributed by atoms with Crippen LogP contribution in [-0.2, 0) is 0 Å². The molecule has 0 aliphatic carbocycles. The van der Waals surface area contributed by atoms with E-state index in [2.05, 4.69) is 26.3 Å². The Kier molecular flexibility index (Phi) is 8.24. The van der Waals surface area contributed by atoms with Crippen molar-refractivity contribution in [3.05, 3.63) is 92.7 Å². The molecule has 1 aliphatic heterocycles. The van der Waals surface area contributed by atoms with E-state index in [4.69, 9.17) is 27.9 Å². The van der Waals surface area contributed by atoms with Gasteiger partial charge in [0.15, 0.2) is 0 Å². The van der Waals surface area contributed by atoms with E-state index < -0.39 is 11.8 Å². The number of hydrogen-bond acceptors (Lipinski definition) is 6. The molecule has 0 radical (unpaired) electrons. The van der Waals surface area contributed by atoms with Crippen molar-refractivity contribution in [1.82, 2.24) is 10.3 Å². The molecule has 2 aromatic carbocycles. The third-order valence-electron chi connectivity index (χ3n) is 6.10. The van der Waals surface area contributed by atoms with Crippen LogP contribution in [0, 0.1) is 0 Å². The van der Waals surface area contributed by atoms with Crippen molar-refractivity contribution in [2.24, 2.45) is 0 Å². The van der Waals surface area contributed by atoms with Gasteiger partial charge in [-0.05, 0) is 96.3 Å². The maximum Gasteiger partial charge on any atom is 0.259 e. The van der Waals surface area contributed by atoms with Gasteiger partial charge in [-0.1, -0.05) is 29.3 Å². The van der Waals surface area contributed by atoms with Crippen LogP contribution in [0.4, 0.5) is 11.5 Å². The summed E-state index contributed by atoms with van der Waals surface area (Å²) in [6.45, 7) is 1.73. The third-order valence-corrected chi connectivity index (χ3v) is 7.25. The zero-order valence-corrected chi connectivity index (χ0v) is 22.5. The molecule has 10 heteroatoms. The maximum absolute atomic E-state index is 13.5. The Balaban J connectivity index is 1.42. The molecule has 2 aromatic heterocycles. The number of nitrogens with zero attached hydrogens (tertiary/aromatic N) is 1. The van der Waals surface area contributed by atoms with E-state index in [1.807, 2.05) is 23.6 Å². The normalized spacial score (nSPS) is 13.6. The summed E-state index contributed by atoms with van der Waals surface area (Å²) in [5.41, 5.74) is 2.90. The molecule has 5 rings (SSSR count). The second-order valence-electron chi connectivity index (χ2n) is 8.75. The minimum absolute atomic E-state index is 0.00395. The van der Waals surface area contributed by atoms with Crippen LogP contribution in [0.15, 0.2) is 71.6 Å². The minimum atomic E-state index is -0.475. The molecule has 38 heavy (non-hydrogen) atoms. The number of benzene rings is 2. The van der Waals surface area contributed by atoms with E-state index in [9.17, 15) is 9.59 Å². The van der Waals surface area contributed by atoms with Gasteiger partial charge in [0.05, 0.1) is 21.8 Å². The molecule has 0 saturated carbocycles. The highest BCUT2D eigenvalue weighted by Crippen LogP contribution is 2.32. The van der Waals surface area contributed by atoms with Gasteiger partial charge in [0.25, 0.3) is 11.8 Å². The number of carbonyl (C=O) groups is 2. The van der Waals surface area contributed by atoms with Crippen molar-refractivity contribution in [2.45, 2.75) is 18.9 Å². The number of ether oxygens (including phenoxy) is 1. The molecular formula is C28H24Cl2N4O3S. The number of pyridine rings is 1. The summed E-state index contributed by atoms with van der Waals surface area (Å²) in [6, 6.07) is 15.5. The van der Waals surface area contributed by atoms with Gasteiger partial charge in [-0.15, -0.1) is 0 Å². The number of piperidine rings is 1. The molecule has 1 saturated heterocycles. The van der Waals surface area contributed by atoms with Crippen molar-refractivity contribution < 1.29 is 14.3 Å². The predicted octanol–water partition coefficient (Wildman–Crippen LogP) is 6.75. The molecule has 1 fully saturated rings. The van der Waals surface area contributed by atoms with Crippen LogP contribution in [0.3, 0.4) is 0 Å². The standard InChI is InChI=1S/C28H24Cl2N4O3S/c29-19-2-5-24(23(14-19)28(36)34-26-6-3-20(30)15-32-26)33-27(35)22-4-1-17(18-9-12-38-16-18)13-25(22)37-21-7-10-31-11-8-21/h1-6,9,12-16,21,31H,7-8,10-11H2,(H,33,35)(H,32,34,36). The number of hydrogen-bond donors (Lipinski definition) is 3. The molecule has 0 atom stereocenters. The van der Waals surface area contributed by atoms with Crippen molar-refractivity contribution in [3.63, 3.8) is 0 Å². The van der Waals surface area contributed by atoms with Crippen LogP contribution in [0.1, 0.15) is 33.6 Å². The molecule has 4 aromatic rings. The smallest absolute Gasteiger partial charge is 0.259 e. The summed E-state index contributed by atoms with van der Waals surface area (Å²) >= 11 is 13.7. The lowest BCUT2D eigenvalue weighted by atomic mass is 10.0. The highest BCUT2D eigenvalue weighted by atomic mass is 35.5. The van der Waals surface area contributed by atoms with E-state index >= 15 is 0 Å². The summed E-state index contributed by atoms with van der Waals surface area (Å²) < 4.78 is 6.35. The van der Waals surface area contributed by atoms with Gasteiger partial charge >= 0.3 is 0 Å². The summed E-state index contributed by atoms with van der Waals surface area (Å²) in [4.78, 5) is 30.7. The Morgan fingerprint density at radius 2 is 1.68 bits per heavy atom. The fraction of sp³-hybridized carbons (Fsp3) is 0.179. The van der Waals surface area contributed by atoms with Gasteiger partial charge in [0.1, 0.15) is 17.7 Å². The summed E-state index contributed by atoms with van der Waals surface area (Å²) in [5, 5.41) is 13.8. The number of anilines is 2. The summed E-state index contributed by atoms with van der Waals surface area (Å²) in [6.07, 6.45) is 3.14. The Bertz CT molecular complexity index is 1440. The van der Waals surface area contributed by atoms with Gasteiger partial charge in [-0.25, -0.2) is 4.98 Å². The first kappa shape index (κ1) is 26.2. The van der Waals surface area contributed by atoms with Crippen molar-refractivity contribution in [2.75, 3.05) is 23.7 Å². The first-order valence-corrected chi connectivity index (χ1v) is 13.7. The van der Waals surface area contributed by atoms with E-state index in [1.54, 1.807) is 41.7 Å². The van der Waals surface area contributed by atoms with Gasteiger partial charge in [-0.2, -0.15) is 11.3 Å². The highest BCUT2D eigenvalue weighted by Gasteiger charge is 2.22. The van der Waals surface area contributed by atoms with Crippen molar-refractivity contribution >= 4 is 57.9 Å². The molecule has 7 nitrogen and oxygen atoms in total. The molecule has 2 amide bonds. The number of halogens is 2. The van der Waals surface area contributed by atoms with Crippen LogP contribution in [0.5, 0.6) is 5.75 Å². The molecule has 0 bridgehead atoms. The van der Waals surface area contributed by atoms with E-state index in [0.717, 1.165) is 37.1 Å². The Morgan fingerprint density at radius 1 is 0.895 bits per heavy atom. The number of aromatic nitrogens is 1. The number of carbonyl (C=O) groups excluding carboxylic acids is 2. The Hall–Kier alpha value is -3.43. The van der Waals surface area contributed by atoms with E-state index in [1.165, 1.54) is 12.3 Å². The minimum Gasteiger partial charge on any atom is -0.489 e. The molecular weight excluding hydrogens is 543 g/mol. The largest absolute Gasteiger partial charge is 0.489 e. The zero-order chi connectivity index (χ0) is 26.5. The summed E-state index contributed by atoms with van der Waals surface area (Å²) in [7, 11) is 0. The first-order chi connectivity index (χ1) is 18.5. The topological polar surface area (TPSA) is 92.4 Å². The second kappa shape index (κ2) is 12.0. The lowest BCUT2D eigenvalue weighted by Gasteiger charge is -2.25. The van der Waals surface area contributed by atoms with Gasteiger partial charge in [-0.3, -0.25) is 9.59 Å². The van der Waals surface area contributed by atoms with E-state index in [-0.39, 0.29) is 11.7 Å². The van der Waals surface area contributed by atoms with Crippen LogP contribution in [0.2, 0.25) is 10.0 Å². The molecule has 3 heterocycles. The van der Waals surface area contributed by atoms with Gasteiger partial charge in [0, 0.05) is 11.2 Å². The average Bonchev–Trinajstić information content (AvgIpc) is 3.47. The number of amides is 2. The Labute approximate surface area is 234 Å². The zero-order valence-electron chi connectivity index (χ0n) is 20.2. The Morgan fingerprint density at radius 3 is 2.42 bits per heavy atom. The molecule has 0 unspecified atom stereocenters. The van der Waals surface area contributed by atoms with Crippen LogP contribution >= 0.6 is 34.5 Å². The summed E-state index contributed by atoms with van der Waals surface area (Å²) in [5.74, 6) is -0.0508. The lowest BCUT2D eigenvalue weighted by molar-refractivity contribution is 0.101. The quantitative estimate of drug-likeness (QED) is 0.230. The first-order valence-electron chi connectivity index (χ1n) is 12.0. The molecule has 0 spiro atoms. The number of rotatable bonds is 7. The molecule has 1 aliphatic rings.